The lowest BCUT2D eigenvalue weighted by molar-refractivity contribution is 0.492. The lowest BCUT2D eigenvalue weighted by Gasteiger charge is -2.23. The molecule has 0 heterocycles. The van der Waals surface area contributed by atoms with E-state index in [0.717, 1.165) is 24.0 Å². The van der Waals surface area contributed by atoms with E-state index in [9.17, 15) is 12.8 Å². The van der Waals surface area contributed by atoms with Gasteiger partial charge in [0.2, 0.25) is 9.05 Å². The average molecular weight is 263 g/mol. The zero-order chi connectivity index (χ0) is 11.8. The molecule has 0 N–H and O–H groups in total. The number of hydrogen-bond acceptors (Lipinski definition) is 2. The molecule has 0 saturated carbocycles. The molecule has 0 spiro atoms. The molecule has 1 unspecified atom stereocenters. The van der Waals surface area contributed by atoms with Crippen LogP contribution in [-0.2, 0) is 21.9 Å². The van der Waals surface area contributed by atoms with Crippen LogP contribution in [0.5, 0.6) is 0 Å². The Kier molecular flexibility index (Phi) is 3.22. The monoisotopic (exact) mass is 262 g/mol. The Morgan fingerprint density at radius 2 is 2.12 bits per heavy atom. The first-order chi connectivity index (χ1) is 7.44. The van der Waals surface area contributed by atoms with E-state index in [1.807, 2.05) is 0 Å². The molecule has 1 atom stereocenters. The molecule has 0 aromatic heterocycles. The molecule has 0 bridgehead atoms. The summed E-state index contributed by atoms with van der Waals surface area (Å²) in [6.45, 7) is 0. The van der Waals surface area contributed by atoms with Crippen molar-refractivity contribution in [1.29, 1.82) is 0 Å². The maximum Gasteiger partial charge on any atom is 0.232 e. The van der Waals surface area contributed by atoms with Crippen molar-refractivity contribution in [3.05, 3.63) is 35.1 Å². The summed E-state index contributed by atoms with van der Waals surface area (Å²) in [4.78, 5) is 0. The summed E-state index contributed by atoms with van der Waals surface area (Å²) < 4.78 is 34.9. The number of hydrogen-bond donors (Lipinski definition) is 0. The van der Waals surface area contributed by atoms with Gasteiger partial charge in [0.15, 0.2) is 0 Å². The van der Waals surface area contributed by atoms with E-state index in [1.54, 1.807) is 6.07 Å². The standard InChI is InChI=1S/C11H12ClFO2S/c12-16(14,15)7-8-1-2-10-6-11(13)4-3-9(10)5-8/h3-4,6,8H,1-2,5,7H2. The quantitative estimate of drug-likeness (QED) is 0.768. The van der Waals surface area contributed by atoms with Crippen LogP contribution in [0.25, 0.3) is 0 Å². The van der Waals surface area contributed by atoms with Crippen LogP contribution >= 0.6 is 10.7 Å². The van der Waals surface area contributed by atoms with E-state index in [4.69, 9.17) is 10.7 Å². The van der Waals surface area contributed by atoms with Crippen molar-refractivity contribution in [3.8, 4) is 0 Å². The molecular weight excluding hydrogens is 251 g/mol. The molecule has 2 nitrogen and oxygen atoms in total. The molecule has 16 heavy (non-hydrogen) atoms. The van der Waals surface area contributed by atoms with Crippen LogP contribution in [0.15, 0.2) is 18.2 Å². The third-order valence-corrected chi connectivity index (χ3v) is 4.18. The highest BCUT2D eigenvalue weighted by Gasteiger charge is 2.23. The second kappa shape index (κ2) is 4.34. The first-order valence-electron chi connectivity index (χ1n) is 5.14. The van der Waals surface area contributed by atoms with Crippen molar-refractivity contribution in [2.75, 3.05) is 5.75 Å². The van der Waals surface area contributed by atoms with Gasteiger partial charge in [-0.25, -0.2) is 12.8 Å². The van der Waals surface area contributed by atoms with Crippen LogP contribution in [0, 0.1) is 11.7 Å². The van der Waals surface area contributed by atoms with Crippen LogP contribution < -0.4 is 0 Å². The molecule has 0 amide bonds. The van der Waals surface area contributed by atoms with Crippen molar-refractivity contribution < 1.29 is 12.8 Å². The predicted octanol–water partition coefficient (Wildman–Crippen LogP) is 2.50. The summed E-state index contributed by atoms with van der Waals surface area (Å²) in [5.41, 5.74) is 2.03. The second-order valence-corrected chi connectivity index (χ2v) is 7.05. The molecule has 0 fully saturated rings. The van der Waals surface area contributed by atoms with Crippen molar-refractivity contribution in [2.45, 2.75) is 19.3 Å². The highest BCUT2D eigenvalue weighted by molar-refractivity contribution is 8.13. The van der Waals surface area contributed by atoms with Crippen LogP contribution in [0.3, 0.4) is 0 Å². The Morgan fingerprint density at radius 3 is 2.81 bits per heavy atom. The van der Waals surface area contributed by atoms with Crippen molar-refractivity contribution in [2.24, 2.45) is 5.92 Å². The van der Waals surface area contributed by atoms with Gasteiger partial charge in [-0.2, -0.15) is 0 Å². The zero-order valence-electron chi connectivity index (χ0n) is 8.62. The lowest BCUT2D eigenvalue weighted by Crippen LogP contribution is -2.20. The van der Waals surface area contributed by atoms with Crippen LogP contribution in [0.4, 0.5) is 4.39 Å². The zero-order valence-corrected chi connectivity index (χ0v) is 10.2. The molecule has 0 saturated heterocycles. The van der Waals surface area contributed by atoms with E-state index in [0.29, 0.717) is 6.42 Å². The molecule has 88 valence electrons. The topological polar surface area (TPSA) is 34.1 Å². The minimum absolute atomic E-state index is 0.00533. The van der Waals surface area contributed by atoms with E-state index in [1.165, 1.54) is 12.1 Å². The number of aryl methyl sites for hydroxylation is 1. The van der Waals surface area contributed by atoms with E-state index in [-0.39, 0.29) is 17.5 Å². The molecule has 5 heteroatoms. The molecule has 1 aromatic carbocycles. The Labute approximate surface area is 98.8 Å². The number of rotatable bonds is 2. The van der Waals surface area contributed by atoms with Crippen molar-refractivity contribution >= 4 is 19.7 Å². The fraction of sp³-hybridized carbons (Fsp3) is 0.455. The molecule has 0 radical (unpaired) electrons. The van der Waals surface area contributed by atoms with E-state index < -0.39 is 9.05 Å². The third kappa shape index (κ3) is 2.95. The lowest BCUT2D eigenvalue weighted by atomic mass is 9.85. The summed E-state index contributed by atoms with van der Waals surface area (Å²) >= 11 is 0. The van der Waals surface area contributed by atoms with E-state index in [2.05, 4.69) is 0 Å². The average Bonchev–Trinajstić information content (AvgIpc) is 2.16. The van der Waals surface area contributed by atoms with Gasteiger partial charge in [0.05, 0.1) is 5.75 Å². The Balaban J connectivity index is 2.15. The molecule has 1 aliphatic carbocycles. The van der Waals surface area contributed by atoms with Crippen molar-refractivity contribution in [1.82, 2.24) is 0 Å². The third-order valence-electron chi connectivity index (χ3n) is 2.93. The maximum absolute atomic E-state index is 12.9. The molecule has 0 aliphatic heterocycles. The van der Waals surface area contributed by atoms with Gasteiger partial charge in [-0.05, 0) is 48.4 Å². The minimum atomic E-state index is -3.44. The minimum Gasteiger partial charge on any atom is -0.212 e. The van der Waals surface area contributed by atoms with Gasteiger partial charge in [0, 0.05) is 10.7 Å². The fourth-order valence-electron chi connectivity index (χ4n) is 2.22. The van der Waals surface area contributed by atoms with Crippen LogP contribution in [0.2, 0.25) is 0 Å². The van der Waals surface area contributed by atoms with Crippen molar-refractivity contribution in [3.63, 3.8) is 0 Å². The normalized spacial score (nSPS) is 20.5. The van der Waals surface area contributed by atoms with Crippen LogP contribution in [-0.4, -0.2) is 14.2 Å². The molecule has 1 aromatic rings. The van der Waals surface area contributed by atoms with Crippen LogP contribution in [0.1, 0.15) is 17.5 Å². The summed E-state index contributed by atoms with van der Waals surface area (Å²) in [5.74, 6) is -0.173. The first-order valence-corrected chi connectivity index (χ1v) is 7.61. The van der Waals surface area contributed by atoms with Gasteiger partial charge >= 0.3 is 0 Å². The van der Waals surface area contributed by atoms with Gasteiger partial charge in [0.1, 0.15) is 5.82 Å². The summed E-state index contributed by atoms with van der Waals surface area (Å²) in [6.07, 6.45) is 2.15. The van der Waals surface area contributed by atoms with Gasteiger partial charge < -0.3 is 0 Å². The van der Waals surface area contributed by atoms with Gasteiger partial charge in [-0.15, -0.1) is 0 Å². The van der Waals surface area contributed by atoms with Gasteiger partial charge in [-0.3, -0.25) is 0 Å². The maximum atomic E-state index is 12.9. The fourth-order valence-corrected chi connectivity index (χ4v) is 3.60. The second-order valence-electron chi connectivity index (χ2n) is 4.23. The highest BCUT2D eigenvalue weighted by atomic mass is 35.7. The number of halogens is 2. The summed E-state index contributed by atoms with van der Waals surface area (Å²) in [6, 6.07) is 4.68. The van der Waals surface area contributed by atoms with Gasteiger partial charge in [-0.1, -0.05) is 6.07 Å². The largest absolute Gasteiger partial charge is 0.232 e. The number of fused-ring (bicyclic) bond motifs is 1. The molecule has 1 aliphatic rings. The number of benzene rings is 1. The smallest absolute Gasteiger partial charge is 0.212 e. The van der Waals surface area contributed by atoms with Gasteiger partial charge in [0.25, 0.3) is 0 Å². The molecule has 2 rings (SSSR count). The first kappa shape index (κ1) is 11.9. The summed E-state index contributed by atoms with van der Waals surface area (Å²) in [7, 11) is 1.79. The Morgan fingerprint density at radius 1 is 1.38 bits per heavy atom. The van der Waals surface area contributed by atoms with E-state index >= 15 is 0 Å². The Bertz CT molecular complexity index is 499. The molecular formula is C11H12ClFO2S. The Hall–Kier alpha value is -0.610. The summed E-state index contributed by atoms with van der Waals surface area (Å²) in [5, 5.41) is 0. The predicted molar refractivity (Wildman–Crippen MR) is 61.6 cm³/mol. The SMILES string of the molecule is O=S(=O)(Cl)CC1CCc2cc(F)ccc2C1. The highest BCUT2D eigenvalue weighted by Crippen LogP contribution is 2.27.